The molecule has 0 aliphatic carbocycles. The van der Waals surface area contributed by atoms with Crippen LogP contribution in [0.15, 0.2) is 36.4 Å². The van der Waals surface area contributed by atoms with E-state index in [1.165, 1.54) is 41.5 Å². The first-order valence-electron chi connectivity index (χ1n) is 10.4. The number of benzene rings is 2. The molecule has 0 unspecified atom stereocenters. The number of fused-ring (bicyclic) bond motifs is 1. The lowest BCUT2D eigenvalue weighted by Gasteiger charge is -2.49. The first-order chi connectivity index (χ1) is 13.6. The van der Waals surface area contributed by atoms with Gasteiger partial charge in [-0.1, -0.05) is 35.9 Å². The highest BCUT2D eigenvalue weighted by molar-refractivity contribution is 6.31. The summed E-state index contributed by atoms with van der Waals surface area (Å²) in [7, 11) is 1.76. The van der Waals surface area contributed by atoms with E-state index >= 15 is 0 Å². The zero-order chi connectivity index (χ0) is 19.7. The van der Waals surface area contributed by atoms with E-state index in [1.54, 1.807) is 7.11 Å². The van der Waals surface area contributed by atoms with Gasteiger partial charge in [-0.2, -0.15) is 0 Å². The highest BCUT2D eigenvalue weighted by Crippen LogP contribution is 2.39. The quantitative estimate of drug-likeness (QED) is 0.687. The summed E-state index contributed by atoms with van der Waals surface area (Å²) in [6.45, 7) is 8.76. The van der Waals surface area contributed by atoms with Gasteiger partial charge < -0.3 is 4.74 Å². The van der Waals surface area contributed by atoms with Crippen molar-refractivity contribution in [2.24, 2.45) is 0 Å². The largest absolute Gasteiger partial charge is 0.496 e. The van der Waals surface area contributed by atoms with Gasteiger partial charge in [-0.15, -0.1) is 0 Å². The van der Waals surface area contributed by atoms with E-state index in [0.717, 1.165) is 37.0 Å². The minimum atomic E-state index is 0.533. The first kappa shape index (κ1) is 19.8. The van der Waals surface area contributed by atoms with Crippen LogP contribution >= 0.6 is 11.6 Å². The molecule has 0 radical (unpaired) electrons. The Labute approximate surface area is 174 Å². The number of piperidine rings is 1. The molecule has 2 aromatic carbocycles. The third-order valence-corrected chi connectivity index (χ3v) is 7.11. The van der Waals surface area contributed by atoms with E-state index in [1.807, 2.05) is 12.1 Å². The number of methoxy groups -OCH3 is 1. The van der Waals surface area contributed by atoms with Gasteiger partial charge in [-0.25, -0.2) is 0 Å². The van der Waals surface area contributed by atoms with Gasteiger partial charge in [-0.3, -0.25) is 9.80 Å². The van der Waals surface area contributed by atoms with Crippen molar-refractivity contribution >= 4 is 11.6 Å². The molecule has 2 aliphatic rings. The zero-order valence-electron chi connectivity index (χ0n) is 17.2. The Morgan fingerprint density at radius 3 is 2.64 bits per heavy atom. The Kier molecular flexibility index (Phi) is 5.96. The number of piperazine rings is 1. The van der Waals surface area contributed by atoms with Crippen LogP contribution in [-0.4, -0.2) is 42.6 Å². The maximum Gasteiger partial charge on any atom is 0.122 e. The monoisotopic (exact) mass is 398 g/mol. The average molecular weight is 399 g/mol. The standard InChI is InChI=1S/C24H31ClN2O/c1-17-18(2)24(28-3)12-11-21(17)23-10-6-8-20-16-26(13-14-27(20)23)15-19-7-4-5-9-22(19)25/h4-5,7,9,11-12,20,23H,6,8,10,13-16H2,1-3H3/t20-,23+/m0/s1. The molecular formula is C24H31ClN2O. The van der Waals surface area contributed by atoms with E-state index in [0.29, 0.717) is 12.1 Å². The van der Waals surface area contributed by atoms with Crippen LogP contribution in [-0.2, 0) is 6.54 Å². The van der Waals surface area contributed by atoms with Crippen LogP contribution < -0.4 is 4.74 Å². The predicted molar refractivity (Wildman–Crippen MR) is 116 cm³/mol. The van der Waals surface area contributed by atoms with Gasteiger partial charge >= 0.3 is 0 Å². The normalized spacial score (nSPS) is 23.4. The summed E-state index contributed by atoms with van der Waals surface area (Å²) in [5.74, 6) is 0.998. The number of ether oxygens (including phenoxy) is 1. The van der Waals surface area contributed by atoms with Crippen molar-refractivity contribution in [2.75, 3.05) is 26.7 Å². The number of hydrogen-bond donors (Lipinski definition) is 0. The fourth-order valence-electron chi connectivity index (χ4n) is 5.06. The van der Waals surface area contributed by atoms with Crippen molar-refractivity contribution in [3.63, 3.8) is 0 Å². The molecule has 3 nitrogen and oxygen atoms in total. The van der Waals surface area contributed by atoms with E-state index < -0.39 is 0 Å². The number of halogens is 1. The minimum Gasteiger partial charge on any atom is -0.496 e. The van der Waals surface area contributed by atoms with Gasteiger partial charge in [0.15, 0.2) is 0 Å². The molecule has 0 spiro atoms. The first-order valence-corrected chi connectivity index (χ1v) is 10.8. The van der Waals surface area contributed by atoms with Crippen LogP contribution in [0.3, 0.4) is 0 Å². The molecule has 0 aromatic heterocycles. The number of rotatable bonds is 4. The molecule has 0 N–H and O–H groups in total. The summed E-state index contributed by atoms with van der Waals surface area (Å²) < 4.78 is 5.52. The molecular weight excluding hydrogens is 368 g/mol. The van der Waals surface area contributed by atoms with Gasteiger partial charge in [0.05, 0.1) is 7.11 Å². The van der Waals surface area contributed by atoms with Gasteiger partial charge in [0.2, 0.25) is 0 Å². The Hall–Kier alpha value is -1.55. The van der Waals surface area contributed by atoms with Gasteiger partial charge in [0.1, 0.15) is 5.75 Å². The van der Waals surface area contributed by atoms with Crippen molar-refractivity contribution in [1.82, 2.24) is 9.80 Å². The smallest absolute Gasteiger partial charge is 0.122 e. The molecule has 2 saturated heterocycles. The second-order valence-electron chi connectivity index (χ2n) is 8.27. The highest BCUT2D eigenvalue weighted by atomic mass is 35.5. The van der Waals surface area contributed by atoms with E-state index in [-0.39, 0.29) is 0 Å². The summed E-state index contributed by atoms with van der Waals surface area (Å²) in [6, 6.07) is 13.9. The van der Waals surface area contributed by atoms with Crippen LogP contribution in [0.2, 0.25) is 5.02 Å². The SMILES string of the molecule is COc1ccc([C@H]2CCC[C@H]3CN(Cc4ccccc4Cl)CCN32)c(C)c1C. The van der Waals surface area contributed by atoms with Gasteiger partial charge in [0, 0.05) is 43.3 Å². The van der Waals surface area contributed by atoms with Crippen LogP contribution in [0.4, 0.5) is 0 Å². The Morgan fingerprint density at radius 2 is 1.86 bits per heavy atom. The Bertz CT molecular complexity index is 837. The highest BCUT2D eigenvalue weighted by Gasteiger charge is 2.36. The zero-order valence-corrected chi connectivity index (χ0v) is 18.0. The fraction of sp³-hybridized carbons (Fsp3) is 0.500. The molecule has 2 atom stereocenters. The van der Waals surface area contributed by atoms with Crippen LogP contribution in [0, 0.1) is 13.8 Å². The van der Waals surface area contributed by atoms with Crippen LogP contribution in [0.5, 0.6) is 5.75 Å². The van der Waals surface area contributed by atoms with Crippen LogP contribution in [0.1, 0.15) is 47.6 Å². The second kappa shape index (κ2) is 8.44. The summed E-state index contributed by atoms with van der Waals surface area (Å²) in [6.07, 6.45) is 3.85. The summed E-state index contributed by atoms with van der Waals surface area (Å²) >= 11 is 6.39. The van der Waals surface area contributed by atoms with E-state index in [2.05, 4.69) is 47.9 Å². The van der Waals surface area contributed by atoms with E-state index in [4.69, 9.17) is 16.3 Å². The Balaban J connectivity index is 1.50. The number of hydrogen-bond acceptors (Lipinski definition) is 3. The molecule has 2 aliphatic heterocycles. The number of nitrogens with zero attached hydrogens (tertiary/aromatic N) is 2. The molecule has 0 bridgehead atoms. The fourth-order valence-corrected chi connectivity index (χ4v) is 5.25. The van der Waals surface area contributed by atoms with Crippen molar-refractivity contribution in [1.29, 1.82) is 0 Å². The molecule has 2 heterocycles. The van der Waals surface area contributed by atoms with Gasteiger partial charge in [-0.05, 0) is 67.5 Å². The molecule has 0 saturated carbocycles. The Morgan fingerprint density at radius 1 is 1.04 bits per heavy atom. The third kappa shape index (κ3) is 3.80. The lowest BCUT2D eigenvalue weighted by molar-refractivity contribution is 0.00618. The van der Waals surface area contributed by atoms with Crippen LogP contribution in [0.25, 0.3) is 0 Å². The predicted octanol–water partition coefficient (Wildman–Crippen LogP) is 5.38. The second-order valence-corrected chi connectivity index (χ2v) is 8.68. The lowest BCUT2D eigenvalue weighted by Crippen LogP contribution is -2.55. The summed E-state index contributed by atoms with van der Waals surface area (Å²) in [5, 5.41) is 0.885. The van der Waals surface area contributed by atoms with Crippen molar-refractivity contribution < 1.29 is 4.74 Å². The lowest BCUT2D eigenvalue weighted by atomic mass is 9.86. The maximum atomic E-state index is 6.39. The average Bonchev–Trinajstić information content (AvgIpc) is 2.71. The molecule has 4 heteroatoms. The maximum absolute atomic E-state index is 6.39. The molecule has 2 fully saturated rings. The van der Waals surface area contributed by atoms with E-state index in [9.17, 15) is 0 Å². The molecule has 4 rings (SSSR count). The van der Waals surface area contributed by atoms with Gasteiger partial charge in [0.25, 0.3) is 0 Å². The molecule has 0 amide bonds. The molecule has 2 aromatic rings. The van der Waals surface area contributed by atoms with Crippen molar-refractivity contribution in [3.8, 4) is 5.75 Å². The molecule has 28 heavy (non-hydrogen) atoms. The van der Waals surface area contributed by atoms with Crippen molar-refractivity contribution in [3.05, 3.63) is 63.7 Å². The molecule has 150 valence electrons. The summed E-state index contributed by atoms with van der Waals surface area (Å²) in [5.41, 5.74) is 5.40. The summed E-state index contributed by atoms with van der Waals surface area (Å²) in [4.78, 5) is 5.34. The minimum absolute atomic E-state index is 0.533. The topological polar surface area (TPSA) is 15.7 Å². The third-order valence-electron chi connectivity index (χ3n) is 6.74. The van der Waals surface area contributed by atoms with Crippen molar-refractivity contribution in [2.45, 2.75) is 51.7 Å².